The van der Waals surface area contributed by atoms with E-state index in [1.165, 1.54) is 7.11 Å². The van der Waals surface area contributed by atoms with Gasteiger partial charge in [-0.3, -0.25) is 9.59 Å². The third-order valence-electron chi connectivity index (χ3n) is 3.80. The summed E-state index contributed by atoms with van der Waals surface area (Å²) < 4.78 is 4.69. The van der Waals surface area contributed by atoms with Gasteiger partial charge in [0.25, 0.3) is 0 Å². The molecule has 0 aromatic heterocycles. The number of Topliss-reactive ketones (excluding diaryl/α,β-unsaturated/α-hetero) is 1. The van der Waals surface area contributed by atoms with Gasteiger partial charge in [-0.25, -0.2) is 0 Å². The van der Waals surface area contributed by atoms with Gasteiger partial charge < -0.3 is 10.1 Å². The molecule has 0 aliphatic rings. The summed E-state index contributed by atoms with van der Waals surface area (Å²) in [6.07, 6.45) is 0.935. The summed E-state index contributed by atoms with van der Waals surface area (Å²) >= 11 is 0. The molecule has 0 heterocycles. The maximum absolute atomic E-state index is 12.6. The number of ether oxygens (including phenoxy) is 1. The molecule has 116 valence electrons. The number of rotatable bonds is 7. The number of hydrogen-bond donors (Lipinski definition) is 1. The minimum atomic E-state index is -0.547. The van der Waals surface area contributed by atoms with E-state index in [2.05, 4.69) is 5.32 Å². The van der Waals surface area contributed by atoms with Crippen LogP contribution < -0.4 is 5.32 Å². The SMILES string of the molecule is CCC(C)NC(CC(=O)OC)C(=O)c1ccc(C)c(C)c1. The molecule has 21 heavy (non-hydrogen) atoms. The predicted molar refractivity (Wildman–Crippen MR) is 83.6 cm³/mol. The lowest BCUT2D eigenvalue weighted by atomic mass is 9.97. The molecule has 0 aliphatic heterocycles. The van der Waals surface area contributed by atoms with E-state index in [4.69, 9.17) is 4.74 Å². The predicted octanol–water partition coefficient (Wildman–Crippen LogP) is 2.81. The van der Waals surface area contributed by atoms with Crippen LogP contribution in [0.2, 0.25) is 0 Å². The number of aryl methyl sites for hydroxylation is 2. The van der Waals surface area contributed by atoms with Gasteiger partial charge in [0, 0.05) is 11.6 Å². The first kappa shape index (κ1) is 17.4. The summed E-state index contributed by atoms with van der Waals surface area (Å²) in [6.45, 7) is 8.02. The molecule has 0 fully saturated rings. The number of esters is 1. The molecule has 1 aromatic rings. The smallest absolute Gasteiger partial charge is 0.307 e. The van der Waals surface area contributed by atoms with Crippen LogP contribution in [-0.4, -0.2) is 30.9 Å². The molecule has 0 bridgehead atoms. The Hall–Kier alpha value is -1.68. The van der Waals surface area contributed by atoms with Gasteiger partial charge in [-0.15, -0.1) is 0 Å². The largest absolute Gasteiger partial charge is 0.469 e. The molecule has 0 saturated carbocycles. The Morgan fingerprint density at radius 1 is 1.24 bits per heavy atom. The highest BCUT2D eigenvalue weighted by atomic mass is 16.5. The van der Waals surface area contributed by atoms with Crippen molar-refractivity contribution in [1.82, 2.24) is 5.32 Å². The van der Waals surface area contributed by atoms with E-state index in [1.807, 2.05) is 45.9 Å². The Balaban J connectivity index is 2.97. The molecule has 1 aromatic carbocycles. The normalized spacial score (nSPS) is 13.6. The van der Waals surface area contributed by atoms with Crippen LogP contribution in [-0.2, 0) is 9.53 Å². The second-order valence-corrected chi connectivity index (χ2v) is 5.47. The summed E-state index contributed by atoms with van der Waals surface area (Å²) in [5.74, 6) is -0.447. The van der Waals surface area contributed by atoms with Crippen LogP contribution in [0.15, 0.2) is 18.2 Å². The Bertz CT molecular complexity index is 511. The monoisotopic (exact) mass is 291 g/mol. The number of ketones is 1. The van der Waals surface area contributed by atoms with Gasteiger partial charge in [0.1, 0.15) is 0 Å². The average molecular weight is 291 g/mol. The van der Waals surface area contributed by atoms with Gasteiger partial charge in [0.2, 0.25) is 0 Å². The van der Waals surface area contributed by atoms with Crippen LogP contribution in [0.5, 0.6) is 0 Å². The summed E-state index contributed by atoms with van der Waals surface area (Å²) in [6, 6.07) is 5.23. The number of methoxy groups -OCH3 is 1. The molecule has 1 N–H and O–H groups in total. The van der Waals surface area contributed by atoms with Crippen LogP contribution in [0, 0.1) is 13.8 Å². The Kier molecular flexibility index (Phi) is 6.56. The molecule has 0 amide bonds. The van der Waals surface area contributed by atoms with Crippen LogP contribution in [0.1, 0.15) is 48.2 Å². The minimum absolute atomic E-state index is 0.0482. The number of carbonyl (C=O) groups is 2. The first-order valence-electron chi connectivity index (χ1n) is 7.33. The first-order chi connectivity index (χ1) is 9.88. The molecule has 4 nitrogen and oxygen atoms in total. The first-order valence-corrected chi connectivity index (χ1v) is 7.33. The third kappa shape index (κ3) is 4.97. The van der Waals surface area contributed by atoms with E-state index in [1.54, 1.807) is 0 Å². The Morgan fingerprint density at radius 2 is 1.90 bits per heavy atom. The van der Waals surface area contributed by atoms with Crippen molar-refractivity contribution in [2.45, 2.75) is 52.6 Å². The van der Waals surface area contributed by atoms with Crippen molar-refractivity contribution < 1.29 is 14.3 Å². The van der Waals surface area contributed by atoms with Crippen molar-refractivity contribution in [2.75, 3.05) is 7.11 Å². The molecule has 1 rings (SSSR count). The van der Waals surface area contributed by atoms with Crippen LogP contribution in [0.25, 0.3) is 0 Å². The zero-order valence-corrected chi connectivity index (χ0v) is 13.5. The van der Waals surface area contributed by atoms with E-state index in [0.717, 1.165) is 17.5 Å². The lowest BCUT2D eigenvalue weighted by molar-refractivity contribution is -0.141. The lowest BCUT2D eigenvalue weighted by Gasteiger charge is -2.21. The van der Waals surface area contributed by atoms with E-state index < -0.39 is 6.04 Å². The van der Waals surface area contributed by atoms with Gasteiger partial charge in [0.05, 0.1) is 19.6 Å². The fraction of sp³-hybridized carbons (Fsp3) is 0.529. The van der Waals surface area contributed by atoms with Crippen molar-refractivity contribution in [2.24, 2.45) is 0 Å². The molecule has 0 aliphatic carbocycles. The molecule has 2 atom stereocenters. The molecular weight excluding hydrogens is 266 g/mol. The minimum Gasteiger partial charge on any atom is -0.469 e. The van der Waals surface area contributed by atoms with E-state index in [0.29, 0.717) is 5.56 Å². The zero-order chi connectivity index (χ0) is 16.0. The number of benzene rings is 1. The number of nitrogens with one attached hydrogen (secondary N) is 1. The maximum atomic E-state index is 12.6. The van der Waals surface area contributed by atoms with Crippen LogP contribution in [0.3, 0.4) is 0 Å². The number of hydrogen-bond acceptors (Lipinski definition) is 4. The zero-order valence-electron chi connectivity index (χ0n) is 13.5. The van der Waals surface area contributed by atoms with Gasteiger partial charge >= 0.3 is 5.97 Å². The lowest BCUT2D eigenvalue weighted by Crippen LogP contribution is -2.43. The maximum Gasteiger partial charge on any atom is 0.307 e. The summed E-state index contributed by atoms with van der Waals surface area (Å²) in [5, 5.41) is 3.21. The average Bonchev–Trinajstić information content (AvgIpc) is 2.48. The highest BCUT2D eigenvalue weighted by molar-refractivity contribution is 6.02. The molecular formula is C17H25NO3. The molecule has 0 radical (unpaired) electrons. The summed E-state index contributed by atoms with van der Waals surface area (Å²) in [7, 11) is 1.34. The molecule has 4 heteroatoms. The van der Waals surface area contributed by atoms with Crippen molar-refractivity contribution in [3.63, 3.8) is 0 Å². The van der Waals surface area contributed by atoms with Gasteiger partial charge in [0.15, 0.2) is 5.78 Å². The van der Waals surface area contributed by atoms with Crippen molar-refractivity contribution in [3.05, 3.63) is 34.9 Å². The fourth-order valence-electron chi connectivity index (χ4n) is 2.03. The summed E-state index contributed by atoms with van der Waals surface area (Å²) in [4.78, 5) is 24.2. The van der Waals surface area contributed by atoms with Crippen molar-refractivity contribution in [3.8, 4) is 0 Å². The molecule has 2 unspecified atom stereocenters. The van der Waals surface area contributed by atoms with E-state index >= 15 is 0 Å². The van der Waals surface area contributed by atoms with Gasteiger partial charge in [-0.05, 0) is 44.4 Å². The van der Waals surface area contributed by atoms with Gasteiger partial charge in [-0.2, -0.15) is 0 Å². The quantitative estimate of drug-likeness (QED) is 0.620. The van der Waals surface area contributed by atoms with E-state index in [9.17, 15) is 9.59 Å². The third-order valence-corrected chi connectivity index (χ3v) is 3.80. The van der Waals surface area contributed by atoms with Gasteiger partial charge in [-0.1, -0.05) is 19.1 Å². The highest BCUT2D eigenvalue weighted by Crippen LogP contribution is 2.14. The molecule has 0 saturated heterocycles. The van der Waals surface area contributed by atoms with Crippen LogP contribution >= 0.6 is 0 Å². The van der Waals surface area contributed by atoms with Crippen molar-refractivity contribution >= 4 is 11.8 Å². The van der Waals surface area contributed by atoms with Crippen molar-refractivity contribution in [1.29, 1.82) is 0 Å². The standard InChI is InChI=1S/C17H25NO3/c1-6-13(4)18-15(10-16(19)21-5)17(20)14-8-7-11(2)12(3)9-14/h7-9,13,15,18H,6,10H2,1-5H3. The summed E-state index contributed by atoms with van der Waals surface area (Å²) in [5.41, 5.74) is 2.84. The second-order valence-electron chi connectivity index (χ2n) is 5.47. The number of carbonyl (C=O) groups excluding carboxylic acids is 2. The second kappa shape index (κ2) is 7.93. The molecule has 0 spiro atoms. The van der Waals surface area contributed by atoms with E-state index in [-0.39, 0.29) is 24.2 Å². The highest BCUT2D eigenvalue weighted by Gasteiger charge is 2.24. The Morgan fingerprint density at radius 3 is 2.43 bits per heavy atom. The van der Waals surface area contributed by atoms with Crippen LogP contribution in [0.4, 0.5) is 0 Å². The Labute approximate surface area is 126 Å². The topological polar surface area (TPSA) is 55.4 Å². The fourth-order valence-corrected chi connectivity index (χ4v) is 2.03.